The molecule has 0 saturated carbocycles. The summed E-state index contributed by atoms with van der Waals surface area (Å²) in [6, 6.07) is 4.91. The molecule has 0 aliphatic heterocycles. The van der Waals surface area contributed by atoms with E-state index in [-0.39, 0.29) is 5.82 Å². The van der Waals surface area contributed by atoms with Gasteiger partial charge in [0.2, 0.25) is 0 Å². The normalized spacial score (nSPS) is 12.4. The maximum absolute atomic E-state index is 13.3. The zero-order valence-electron chi connectivity index (χ0n) is 10.1. The summed E-state index contributed by atoms with van der Waals surface area (Å²) in [5, 5.41) is 3.40. The predicted octanol–water partition coefficient (Wildman–Crippen LogP) is 2.90. The molecule has 6 heteroatoms. The fraction of sp³-hybridized carbons (Fsp3) is 0.154. The van der Waals surface area contributed by atoms with Crippen molar-refractivity contribution in [3.63, 3.8) is 0 Å². The van der Waals surface area contributed by atoms with E-state index in [0.717, 1.165) is 12.1 Å². The van der Waals surface area contributed by atoms with E-state index in [1.807, 2.05) is 0 Å². The Morgan fingerprint density at radius 2 is 2.00 bits per heavy atom. The molecule has 1 atom stereocenters. The second kappa shape index (κ2) is 5.50. The second-order valence-corrected chi connectivity index (χ2v) is 4.46. The van der Waals surface area contributed by atoms with Crippen LogP contribution in [0.4, 0.5) is 14.6 Å². The van der Waals surface area contributed by atoms with Gasteiger partial charge in [-0.2, -0.15) is 0 Å². The first kappa shape index (κ1) is 13.7. The lowest BCUT2D eigenvalue weighted by atomic mass is 9.99. The Kier molecular flexibility index (Phi) is 3.97. The summed E-state index contributed by atoms with van der Waals surface area (Å²) in [7, 11) is 1.69. The van der Waals surface area contributed by atoms with Crippen LogP contribution in [0.1, 0.15) is 17.2 Å². The van der Waals surface area contributed by atoms with Crippen LogP contribution >= 0.6 is 11.6 Å². The molecule has 0 aliphatic rings. The highest BCUT2D eigenvalue weighted by Crippen LogP contribution is 2.28. The molecule has 1 heterocycles. The lowest BCUT2D eigenvalue weighted by molar-refractivity contribution is 0.505. The standard InChI is InChI=1S/C13H12ClF2N3/c1-18-12(7-2-3-10(15)11(16)4-7)9-5-8(14)6-19-13(9)17/h2-6,12,18H,1H3,(H2,17,19). The molecule has 19 heavy (non-hydrogen) atoms. The third kappa shape index (κ3) is 2.83. The zero-order chi connectivity index (χ0) is 14.0. The number of pyridine rings is 1. The molecule has 0 spiro atoms. The minimum absolute atomic E-state index is 0.286. The van der Waals surface area contributed by atoms with Gasteiger partial charge in [-0.1, -0.05) is 17.7 Å². The number of nitrogen functional groups attached to an aromatic ring is 1. The van der Waals surface area contributed by atoms with Crippen molar-refractivity contribution in [1.82, 2.24) is 10.3 Å². The van der Waals surface area contributed by atoms with Crippen LogP contribution in [0.3, 0.4) is 0 Å². The van der Waals surface area contributed by atoms with Crippen molar-refractivity contribution >= 4 is 17.4 Å². The molecule has 2 rings (SSSR count). The lowest BCUT2D eigenvalue weighted by Crippen LogP contribution is -2.19. The molecule has 0 bridgehead atoms. The van der Waals surface area contributed by atoms with Gasteiger partial charge in [0, 0.05) is 11.8 Å². The highest BCUT2D eigenvalue weighted by molar-refractivity contribution is 6.30. The van der Waals surface area contributed by atoms with Crippen molar-refractivity contribution in [2.75, 3.05) is 12.8 Å². The molecule has 100 valence electrons. The number of aromatic nitrogens is 1. The topological polar surface area (TPSA) is 50.9 Å². The van der Waals surface area contributed by atoms with Gasteiger partial charge in [-0.15, -0.1) is 0 Å². The smallest absolute Gasteiger partial charge is 0.159 e. The van der Waals surface area contributed by atoms with Gasteiger partial charge in [-0.3, -0.25) is 0 Å². The van der Waals surface area contributed by atoms with Gasteiger partial charge < -0.3 is 11.1 Å². The molecule has 3 nitrogen and oxygen atoms in total. The summed E-state index contributed by atoms with van der Waals surface area (Å²) in [6.45, 7) is 0. The minimum Gasteiger partial charge on any atom is -0.383 e. The van der Waals surface area contributed by atoms with Crippen molar-refractivity contribution in [3.05, 3.63) is 58.2 Å². The fourth-order valence-electron chi connectivity index (χ4n) is 1.89. The molecule has 1 unspecified atom stereocenters. The third-order valence-corrected chi connectivity index (χ3v) is 3.00. The van der Waals surface area contributed by atoms with Crippen LogP contribution in [0.15, 0.2) is 30.5 Å². The quantitative estimate of drug-likeness (QED) is 0.911. The fourth-order valence-corrected chi connectivity index (χ4v) is 2.06. The van der Waals surface area contributed by atoms with E-state index in [2.05, 4.69) is 10.3 Å². The summed E-state index contributed by atoms with van der Waals surface area (Å²) in [6.07, 6.45) is 1.43. The second-order valence-electron chi connectivity index (χ2n) is 4.02. The molecule has 1 aromatic heterocycles. The first-order chi connectivity index (χ1) is 9.02. The van der Waals surface area contributed by atoms with Crippen molar-refractivity contribution in [1.29, 1.82) is 0 Å². The summed E-state index contributed by atoms with van der Waals surface area (Å²) in [5.74, 6) is -1.52. The van der Waals surface area contributed by atoms with E-state index in [1.165, 1.54) is 12.3 Å². The third-order valence-electron chi connectivity index (χ3n) is 2.79. The number of hydrogen-bond acceptors (Lipinski definition) is 3. The van der Waals surface area contributed by atoms with Crippen LogP contribution < -0.4 is 11.1 Å². The van der Waals surface area contributed by atoms with Crippen molar-refractivity contribution < 1.29 is 8.78 Å². The Balaban J connectivity index is 2.49. The molecule has 1 aromatic carbocycles. The highest BCUT2D eigenvalue weighted by atomic mass is 35.5. The lowest BCUT2D eigenvalue weighted by Gasteiger charge is -2.18. The first-order valence-electron chi connectivity index (χ1n) is 5.56. The van der Waals surface area contributed by atoms with Crippen LogP contribution in [0, 0.1) is 11.6 Å². The maximum atomic E-state index is 13.3. The van der Waals surface area contributed by atoms with Gasteiger partial charge in [-0.25, -0.2) is 13.8 Å². The average Bonchev–Trinajstić information content (AvgIpc) is 2.38. The Hall–Kier alpha value is -1.72. The molecular weight excluding hydrogens is 272 g/mol. The number of nitrogens with two attached hydrogens (primary N) is 1. The van der Waals surface area contributed by atoms with Crippen molar-refractivity contribution in [3.8, 4) is 0 Å². The van der Waals surface area contributed by atoms with Crippen LogP contribution in [0.2, 0.25) is 5.02 Å². The number of halogens is 3. The zero-order valence-corrected chi connectivity index (χ0v) is 10.9. The SMILES string of the molecule is CNC(c1ccc(F)c(F)c1)c1cc(Cl)cnc1N. The number of anilines is 1. The van der Waals surface area contributed by atoms with Gasteiger partial charge in [0.15, 0.2) is 11.6 Å². The van der Waals surface area contributed by atoms with Gasteiger partial charge in [0.05, 0.1) is 11.1 Å². The predicted molar refractivity (Wildman–Crippen MR) is 70.9 cm³/mol. The van der Waals surface area contributed by atoms with E-state index >= 15 is 0 Å². The largest absolute Gasteiger partial charge is 0.383 e. The Labute approximate surface area is 114 Å². The Bertz CT molecular complexity index is 604. The van der Waals surface area contributed by atoms with E-state index in [4.69, 9.17) is 17.3 Å². The van der Waals surface area contributed by atoms with E-state index < -0.39 is 17.7 Å². The van der Waals surface area contributed by atoms with Crippen molar-refractivity contribution in [2.45, 2.75) is 6.04 Å². The highest BCUT2D eigenvalue weighted by Gasteiger charge is 2.17. The van der Waals surface area contributed by atoms with Gasteiger partial charge in [0.1, 0.15) is 5.82 Å². The Morgan fingerprint density at radius 3 is 2.63 bits per heavy atom. The number of benzene rings is 1. The van der Waals surface area contributed by atoms with Crippen LogP contribution in [-0.4, -0.2) is 12.0 Å². The summed E-state index contributed by atoms with van der Waals surface area (Å²) >= 11 is 5.88. The van der Waals surface area contributed by atoms with Crippen LogP contribution in [-0.2, 0) is 0 Å². The first-order valence-corrected chi connectivity index (χ1v) is 5.94. The number of nitrogens with zero attached hydrogens (tertiary/aromatic N) is 1. The van der Waals surface area contributed by atoms with Gasteiger partial charge in [-0.05, 0) is 30.8 Å². The molecular formula is C13H12ClF2N3. The molecule has 3 N–H and O–H groups in total. The van der Waals surface area contributed by atoms with E-state index in [1.54, 1.807) is 13.1 Å². The molecule has 0 aliphatic carbocycles. The summed E-state index contributed by atoms with van der Waals surface area (Å²) < 4.78 is 26.3. The molecule has 0 amide bonds. The Morgan fingerprint density at radius 1 is 1.26 bits per heavy atom. The summed E-state index contributed by atoms with van der Waals surface area (Å²) in [4.78, 5) is 3.95. The number of hydrogen-bond donors (Lipinski definition) is 2. The average molecular weight is 284 g/mol. The van der Waals surface area contributed by atoms with Gasteiger partial charge >= 0.3 is 0 Å². The monoisotopic (exact) mass is 283 g/mol. The van der Waals surface area contributed by atoms with Crippen LogP contribution in [0.5, 0.6) is 0 Å². The number of rotatable bonds is 3. The molecule has 0 saturated heterocycles. The minimum atomic E-state index is -0.911. The van der Waals surface area contributed by atoms with E-state index in [9.17, 15) is 8.78 Å². The van der Waals surface area contributed by atoms with E-state index in [0.29, 0.717) is 16.1 Å². The van der Waals surface area contributed by atoms with Gasteiger partial charge in [0.25, 0.3) is 0 Å². The maximum Gasteiger partial charge on any atom is 0.159 e. The molecule has 0 fully saturated rings. The number of nitrogens with one attached hydrogen (secondary N) is 1. The molecule has 2 aromatic rings. The summed E-state index contributed by atoms with van der Waals surface area (Å²) in [5.41, 5.74) is 6.94. The van der Waals surface area contributed by atoms with Crippen molar-refractivity contribution in [2.24, 2.45) is 0 Å². The van der Waals surface area contributed by atoms with Crippen LogP contribution in [0.25, 0.3) is 0 Å². The molecule has 0 radical (unpaired) electrons.